The van der Waals surface area contributed by atoms with Gasteiger partial charge in [-0.3, -0.25) is 4.90 Å². The van der Waals surface area contributed by atoms with E-state index < -0.39 is 29.4 Å². The van der Waals surface area contributed by atoms with Gasteiger partial charge in [-0.25, -0.2) is 18.0 Å². The van der Waals surface area contributed by atoms with Gasteiger partial charge < -0.3 is 15.4 Å². The van der Waals surface area contributed by atoms with Crippen molar-refractivity contribution >= 4 is 40.4 Å². The highest BCUT2D eigenvalue weighted by Crippen LogP contribution is 2.29. The minimum atomic E-state index is -2.78. The lowest BCUT2D eigenvalue weighted by Crippen LogP contribution is -2.36. The third-order valence-electron chi connectivity index (χ3n) is 4.89. The Morgan fingerprint density at radius 1 is 1.13 bits per heavy atom. The largest absolute Gasteiger partial charge is 0.442 e. The first-order valence-electron chi connectivity index (χ1n) is 9.50. The summed E-state index contributed by atoms with van der Waals surface area (Å²) < 4.78 is 44.8. The van der Waals surface area contributed by atoms with Crippen molar-refractivity contribution in [2.45, 2.75) is 12.5 Å². The molecule has 0 radical (unpaired) electrons. The highest BCUT2D eigenvalue weighted by atomic mass is 32.1. The summed E-state index contributed by atoms with van der Waals surface area (Å²) in [5, 5.41) is 5.40. The molecule has 4 rings (SSSR count). The number of benzene rings is 1. The number of cyclic esters (lactones) is 1. The number of fused-ring (bicyclic) bond motifs is 1. The number of ether oxygens (including phenoxy) is 1. The monoisotopic (exact) mass is 445 g/mol. The Morgan fingerprint density at radius 2 is 1.84 bits per heavy atom. The predicted octanol–water partition coefficient (Wildman–Crippen LogP) is 5.18. The molecule has 160 valence electrons. The average Bonchev–Trinajstić information content (AvgIpc) is 3.30. The number of thiocarbonyl (C=S) groups is 1. The minimum absolute atomic E-state index is 0.0465. The Morgan fingerprint density at radius 3 is 2.48 bits per heavy atom. The first-order chi connectivity index (χ1) is 14.9. The van der Waals surface area contributed by atoms with Gasteiger partial charge in [-0.1, -0.05) is 42.5 Å². The normalized spacial score (nSPS) is 15.9. The van der Waals surface area contributed by atoms with Crippen LogP contribution in [-0.4, -0.2) is 36.7 Å². The van der Waals surface area contributed by atoms with Gasteiger partial charge >= 0.3 is 6.09 Å². The van der Waals surface area contributed by atoms with E-state index in [2.05, 4.69) is 22.9 Å². The van der Waals surface area contributed by atoms with Crippen molar-refractivity contribution in [1.82, 2.24) is 5.32 Å². The van der Waals surface area contributed by atoms with Gasteiger partial charge in [0.2, 0.25) is 0 Å². The molecule has 31 heavy (non-hydrogen) atoms. The highest BCUT2D eigenvalue weighted by Gasteiger charge is 2.33. The van der Waals surface area contributed by atoms with Gasteiger partial charge in [-0.05, 0) is 41.5 Å². The molecular formula is C22H18F3N3O2S. The first kappa shape index (κ1) is 20.9. The summed E-state index contributed by atoms with van der Waals surface area (Å²) in [7, 11) is 0. The summed E-state index contributed by atoms with van der Waals surface area (Å²) in [6, 6.07) is 17.9. The lowest BCUT2D eigenvalue weighted by molar-refractivity contribution is 0.142. The zero-order valence-corrected chi connectivity index (χ0v) is 17.0. The van der Waals surface area contributed by atoms with Crippen LogP contribution < -0.4 is 15.5 Å². The molecule has 1 aromatic rings. The number of hydrogen-bond acceptors (Lipinski definition) is 4. The summed E-state index contributed by atoms with van der Waals surface area (Å²) in [4.78, 5) is 12.8. The predicted molar refractivity (Wildman–Crippen MR) is 117 cm³/mol. The maximum Gasteiger partial charge on any atom is 0.414 e. The van der Waals surface area contributed by atoms with Crippen LogP contribution >= 0.6 is 12.2 Å². The highest BCUT2D eigenvalue weighted by molar-refractivity contribution is 7.80. The molecule has 2 N–H and O–H groups in total. The molecule has 0 aromatic heterocycles. The van der Waals surface area contributed by atoms with Crippen LogP contribution in [0.25, 0.3) is 11.1 Å². The van der Waals surface area contributed by atoms with Gasteiger partial charge in [0.1, 0.15) is 16.9 Å². The van der Waals surface area contributed by atoms with Crippen LogP contribution in [0.1, 0.15) is 0 Å². The SMILES string of the molecule is O=C1OC(CNC(=S)C(F)F)CN1c1ccc(Nc2ccc3cccc-3cc2)c(F)c1. The van der Waals surface area contributed by atoms with Crippen molar-refractivity contribution in [3.8, 4) is 11.1 Å². The van der Waals surface area contributed by atoms with Crippen LogP contribution in [0.4, 0.5) is 35.0 Å². The van der Waals surface area contributed by atoms with Crippen molar-refractivity contribution in [2.75, 3.05) is 23.3 Å². The zero-order chi connectivity index (χ0) is 22.0. The minimum Gasteiger partial charge on any atom is -0.442 e. The molecule has 3 aliphatic rings. The van der Waals surface area contributed by atoms with Crippen molar-refractivity contribution in [3.05, 3.63) is 66.5 Å². The van der Waals surface area contributed by atoms with Gasteiger partial charge in [0, 0.05) is 5.69 Å². The Hall–Kier alpha value is -3.33. The van der Waals surface area contributed by atoms with E-state index in [-0.39, 0.29) is 18.8 Å². The molecule has 1 aliphatic heterocycles. The molecule has 1 aromatic carbocycles. The van der Waals surface area contributed by atoms with Gasteiger partial charge in [-0.15, -0.1) is 0 Å². The van der Waals surface area contributed by atoms with E-state index in [1.165, 1.54) is 17.0 Å². The number of nitrogens with one attached hydrogen (secondary N) is 2. The fraction of sp³-hybridized carbons (Fsp3) is 0.182. The van der Waals surface area contributed by atoms with Crippen LogP contribution in [0, 0.1) is 5.82 Å². The molecule has 1 saturated heterocycles. The smallest absolute Gasteiger partial charge is 0.414 e. The second-order valence-electron chi connectivity index (χ2n) is 7.01. The van der Waals surface area contributed by atoms with E-state index in [9.17, 15) is 18.0 Å². The molecule has 0 saturated carbocycles. The van der Waals surface area contributed by atoms with Crippen LogP contribution in [0.15, 0.2) is 60.7 Å². The number of hydrogen-bond donors (Lipinski definition) is 2. The lowest BCUT2D eigenvalue weighted by atomic mass is 10.2. The number of anilines is 3. The van der Waals surface area contributed by atoms with Crippen LogP contribution in [0.5, 0.6) is 0 Å². The summed E-state index contributed by atoms with van der Waals surface area (Å²) in [6.45, 7) is 0.0448. The Labute approximate surface area is 182 Å². The van der Waals surface area contributed by atoms with Crippen molar-refractivity contribution in [1.29, 1.82) is 0 Å². The number of halogens is 3. The summed E-state index contributed by atoms with van der Waals surface area (Å²) in [5.74, 6) is -0.545. The van der Waals surface area contributed by atoms with E-state index in [0.29, 0.717) is 11.4 Å². The van der Waals surface area contributed by atoms with Crippen LogP contribution in [0.2, 0.25) is 0 Å². The third kappa shape index (κ3) is 4.72. The van der Waals surface area contributed by atoms with E-state index >= 15 is 0 Å². The standard InChI is InChI=1S/C22H18F3N3O2S/c23-18-10-16(28-12-17(30-22(28)29)11-26-21(31)20(24)25)8-9-19(18)27-15-6-4-13-2-1-3-14(13)5-7-15/h1-10,17,20,27H,11-12H2,(H,26,31). The fourth-order valence-corrected chi connectivity index (χ4v) is 3.39. The molecule has 1 atom stereocenters. The molecule has 2 aliphatic carbocycles. The maximum absolute atomic E-state index is 14.7. The Kier molecular flexibility index (Phi) is 5.94. The van der Waals surface area contributed by atoms with E-state index in [0.717, 1.165) is 11.1 Å². The van der Waals surface area contributed by atoms with E-state index in [4.69, 9.17) is 4.74 Å². The van der Waals surface area contributed by atoms with E-state index in [1.807, 2.05) is 42.5 Å². The second kappa shape index (κ2) is 8.81. The molecule has 5 nitrogen and oxygen atoms in total. The molecule has 9 heteroatoms. The molecule has 1 fully saturated rings. The summed E-state index contributed by atoms with van der Waals surface area (Å²) in [6.07, 6.45) is -4.13. The van der Waals surface area contributed by atoms with Gasteiger partial charge in [-0.2, -0.15) is 0 Å². The van der Waals surface area contributed by atoms with Crippen molar-refractivity contribution in [2.24, 2.45) is 0 Å². The lowest BCUT2D eigenvalue weighted by Gasteiger charge is -2.15. The fourth-order valence-electron chi connectivity index (χ4n) is 3.31. The molecule has 1 amide bonds. The summed E-state index contributed by atoms with van der Waals surface area (Å²) in [5.41, 5.74) is 3.43. The Balaban J connectivity index is 1.44. The molecule has 1 unspecified atom stereocenters. The number of alkyl halides is 2. The van der Waals surface area contributed by atoms with Crippen LogP contribution in [0.3, 0.4) is 0 Å². The second-order valence-corrected chi connectivity index (χ2v) is 7.45. The van der Waals surface area contributed by atoms with Gasteiger partial charge in [0.05, 0.1) is 24.5 Å². The molecule has 1 heterocycles. The van der Waals surface area contributed by atoms with Crippen molar-refractivity contribution in [3.63, 3.8) is 0 Å². The molecular weight excluding hydrogens is 427 g/mol. The third-order valence-corrected chi connectivity index (χ3v) is 5.21. The Bertz CT molecular complexity index is 1060. The van der Waals surface area contributed by atoms with Gasteiger partial charge in [0.25, 0.3) is 6.43 Å². The molecule has 0 bridgehead atoms. The topological polar surface area (TPSA) is 53.6 Å². The van der Waals surface area contributed by atoms with E-state index in [1.54, 1.807) is 6.07 Å². The van der Waals surface area contributed by atoms with Gasteiger partial charge in [0.15, 0.2) is 0 Å². The number of carbonyl (C=O) groups is 1. The number of carbonyl (C=O) groups excluding carboxylic acids is 1. The average molecular weight is 445 g/mol. The quantitative estimate of drug-likeness (QED) is 0.512. The number of rotatable bonds is 6. The number of amides is 1. The maximum atomic E-state index is 14.7. The number of nitrogens with zero attached hydrogens (tertiary/aromatic N) is 1. The van der Waals surface area contributed by atoms with Crippen molar-refractivity contribution < 1.29 is 22.7 Å². The van der Waals surface area contributed by atoms with Crippen LogP contribution in [-0.2, 0) is 4.74 Å². The zero-order valence-electron chi connectivity index (χ0n) is 16.1. The molecule has 0 spiro atoms. The summed E-state index contributed by atoms with van der Waals surface area (Å²) >= 11 is 4.50. The first-order valence-corrected chi connectivity index (χ1v) is 9.91.